The summed E-state index contributed by atoms with van der Waals surface area (Å²) < 4.78 is 56.9. The number of amides is 1. The number of nitrogens with one attached hydrogen (secondary N) is 1. The molecule has 4 nitrogen and oxygen atoms in total. The first-order chi connectivity index (χ1) is 11.5. The molecule has 1 heterocycles. The first-order valence-corrected chi connectivity index (χ1v) is 8.07. The molecule has 25 heavy (non-hydrogen) atoms. The molecule has 1 atom stereocenters. The molecule has 1 aliphatic rings. The lowest BCUT2D eigenvalue weighted by atomic mass is 10.0. The first-order valence-electron chi connectivity index (χ1n) is 8.07. The second-order valence-electron chi connectivity index (χ2n) is 7.09. The summed E-state index contributed by atoms with van der Waals surface area (Å²) in [4.78, 5) is 13.6. The van der Waals surface area contributed by atoms with Crippen LogP contribution < -0.4 is 10.2 Å². The summed E-state index contributed by atoms with van der Waals surface area (Å²) in [6, 6.07) is 2.67. The lowest BCUT2D eigenvalue weighted by Gasteiger charge is -2.35. The van der Waals surface area contributed by atoms with Crippen LogP contribution >= 0.6 is 0 Å². The Labute approximate surface area is 144 Å². The molecule has 1 aromatic carbocycles. The van der Waals surface area contributed by atoms with Crippen LogP contribution in [0.3, 0.4) is 0 Å². The molecule has 0 bridgehead atoms. The Morgan fingerprint density at radius 3 is 2.52 bits per heavy atom. The average molecular weight is 362 g/mol. The molecule has 0 radical (unpaired) electrons. The van der Waals surface area contributed by atoms with Crippen molar-refractivity contribution in [2.45, 2.75) is 51.4 Å². The Morgan fingerprint density at radius 1 is 1.28 bits per heavy atom. The maximum atomic E-state index is 13.8. The summed E-state index contributed by atoms with van der Waals surface area (Å²) in [5, 5.41) is 2.75. The van der Waals surface area contributed by atoms with Gasteiger partial charge in [-0.1, -0.05) is 0 Å². The third-order valence-electron chi connectivity index (χ3n) is 3.77. The van der Waals surface area contributed by atoms with Gasteiger partial charge in [0.25, 0.3) is 0 Å². The van der Waals surface area contributed by atoms with Crippen LogP contribution in [0.15, 0.2) is 18.2 Å². The summed E-state index contributed by atoms with van der Waals surface area (Å²) in [6.07, 6.45) is -3.81. The molecule has 1 amide bonds. The van der Waals surface area contributed by atoms with Gasteiger partial charge in [-0.05, 0) is 51.8 Å². The minimum absolute atomic E-state index is 0.214. The van der Waals surface area contributed by atoms with Crippen LogP contribution in [-0.4, -0.2) is 30.8 Å². The van der Waals surface area contributed by atoms with Crippen LogP contribution in [0.4, 0.5) is 28.0 Å². The summed E-state index contributed by atoms with van der Waals surface area (Å²) in [6.45, 7) is 6.22. The monoisotopic (exact) mass is 362 g/mol. The second kappa shape index (κ2) is 7.09. The number of benzene rings is 1. The highest BCUT2D eigenvalue weighted by molar-refractivity contribution is 5.68. The molecule has 0 spiro atoms. The Kier molecular flexibility index (Phi) is 5.49. The highest BCUT2D eigenvalue weighted by atomic mass is 19.4. The number of rotatable bonds is 2. The maximum absolute atomic E-state index is 13.8. The fourth-order valence-electron chi connectivity index (χ4n) is 2.73. The van der Waals surface area contributed by atoms with Crippen molar-refractivity contribution >= 4 is 11.8 Å². The van der Waals surface area contributed by atoms with E-state index in [-0.39, 0.29) is 6.04 Å². The number of alkyl halides is 3. The Morgan fingerprint density at radius 2 is 1.96 bits per heavy atom. The number of carbonyl (C=O) groups is 1. The van der Waals surface area contributed by atoms with Crippen LogP contribution in [0.2, 0.25) is 0 Å². The molecule has 1 N–H and O–H groups in total. The van der Waals surface area contributed by atoms with Gasteiger partial charge in [0.15, 0.2) is 0 Å². The Balaban J connectivity index is 2.04. The Bertz CT molecular complexity index is 626. The third kappa shape index (κ3) is 5.51. The molecule has 0 unspecified atom stereocenters. The van der Waals surface area contributed by atoms with Crippen LogP contribution in [-0.2, 0) is 10.9 Å². The standard InChI is InChI=1S/C17H22F4N2O2/c1-16(2,3)25-15(24)22-11-5-4-8-23(10-11)12-6-7-13(14(18)9-12)17(19,20)21/h6-7,9,11H,4-5,8,10H2,1-3H3,(H,22,24)/t11-/m1/s1. The molecular weight excluding hydrogens is 340 g/mol. The summed E-state index contributed by atoms with van der Waals surface area (Å²) >= 11 is 0. The molecule has 0 saturated carbocycles. The fourth-order valence-corrected chi connectivity index (χ4v) is 2.73. The number of piperidine rings is 1. The molecule has 0 aromatic heterocycles. The molecular formula is C17H22F4N2O2. The molecule has 8 heteroatoms. The third-order valence-corrected chi connectivity index (χ3v) is 3.77. The Hall–Kier alpha value is -1.99. The molecule has 1 aromatic rings. The lowest BCUT2D eigenvalue weighted by Crippen LogP contribution is -2.49. The van der Waals surface area contributed by atoms with E-state index in [1.165, 1.54) is 6.07 Å². The average Bonchev–Trinajstić information content (AvgIpc) is 2.44. The number of halogens is 4. The number of carbonyl (C=O) groups excluding carboxylic acids is 1. The van der Waals surface area contributed by atoms with Crippen molar-refractivity contribution in [3.05, 3.63) is 29.6 Å². The quantitative estimate of drug-likeness (QED) is 0.796. The molecule has 1 saturated heterocycles. The van der Waals surface area contributed by atoms with Crippen LogP contribution in [0.5, 0.6) is 0 Å². The number of alkyl carbamates (subject to hydrolysis) is 1. The number of ether oxygens (including phenoxy) is 1. The van der Waals surface area contributed by atoms with E-state index in [4.69, 9.17) is 4.74 Å². The van der Waals surface area contributed by atoms with E-state index in [1.807, 2.05) is 0 Å². The largest absolute Gasteiger partial charge is 0.444 e. The van der Waals surface area contributed by atoms with Crippen LogP contribution in [0.25, 0.3) is 0 Å². The normalized spacial score (nSPS) is 18.8. The van der Waals surface area contributed by atoms with Gasteiger partial charge in [-0.3, -0.25) is 0 Å². The summed E-state index contributed by atoms with van der Waals surface area (Å²) in [5.41, 5.74) is -1.53. The maximum Gasteiger partial charge on any atom is 0.419 e. The van der Waals surface area contributed by atoms with Crippen LogP contribution in [0, 0.1) is 5.82 Å². The molecule has 2 rings (SSSR count). The van der Waals surface area contributed by atoms with Gasteiger partial charge in [0.05, 0.1) is 5.56 Å². The topological polar surface area (TPSA) is 41.6 Å². The van der Waals surface area contributed by atoms with Gasteiger partial charge < -0.3 is 15.0 Å². The van der Waals surface area contributed by atoms with Crippen molar-refractivity contribution < 1.29 is 27.1 Å². The zero-order valence-electron chi connectivity index (χ0n) is 14.4. The molecule has 0 aliphatic carbocycles. The van der Waals surface area contributed by atoms with Gasteiger partial charge in [-0.15, -0.1) is 0 Å². The van der Waals surface area contributed by atoms with Gasteiger partial charge >= 0.3 is 12.3 Å². The van der Waals surface area contributed by atoms with Crippen molar-refractivity contribution in [3.8, 4) is 0 Å². The predicted octanol–water partition coefficient (Wildman–Crippen LogP) is 4.34. The summed E-state index contributed by atoms with van der Waals surface area (Å²) in [5.74, 6) is -1.30. The number of hydrogen-bond acceptors (Lipinski definition) is 3. The zero-order valence-corrected chi connectivity index (χ0v) is 14.4. The number of nitrogens with zero attached hydrogens (tertiary/aromatic N) is 1. The fraction of sp³-hybridized carbons (Fsp3) is 0.588. The van der Waals surface area contributed by atoms with Crippen molar-refractivity contribution in [3.63, 3.8) is 0 Å². The minimum atomic E-state index is -4.72. The minimum Gasteiger partial charge on any atom is -0.444 e. The highest BCUT2D eigenvalue weighted by Gasteiger charge is 2.34. The second-order valence-corrected chi connectivity index (χ2v) is 7.09. The van der Waals surface area contributed by atoms with E-state index in [1.54, 1.807) is 25.7 Å². The molecule has 1 fully saturated rings. The highest BCUT2D eigenvalue weighted by Crippen LogP contribution is 2.33. The van der Waals surface area contributed by atoms with Crippen molar-refractivity contribution in [1.82, 2.24) is 5.32 Å². The van der Waals surface area contributed by atoms with E-state index in [0.717, 1.165) is 25.0 Å². The van der Waals surface area contributed by atoms with E-state index in [0.29, 0.717) is 18.8 Å². The van der Waals surface area contributed by atoms with Gasteiger partial charge in [-0.2, -0.15) is 13.2 Å². The first kappa shape index (κ1) is 19.3. The van der Waals surface area contributed by atoms with Gasteiger partial charge in [0.2, 0.25) is 0 Å². The number of anilines is 1. The SMILES string of the molecule is CC(C)(C)OC(=O)N[C@@H]1CCCN(c2ccc(C(F)(F)F)c(F)c2)C1. The smallest absolute Gasteiger partial charge is 0.419 e. The van der Waals surface area contributed by atoms with Crippen molar-refractivity contribution in [2.75, 3.05) is 18.0 Å². The number of hydrogen-bond donors (Lipinski definition) is 1. The van der Waals surface area contributed by atoms with Gasteiger partial charge in [0, 0.05) is 24.8 Å². The van der Waals surface area contributed by atoms with Crippen molar-refractivity contribution in [1.29, 1.82) is 0 Å². The van der Waals surface area contributed by atoms with Crippen LogP contribution in [0.1, 0.15) is 39.2 Å². The molecule has 1 aliphatic heterocycles. The predicted molar refractivity (Wildman–Crippen MR) is 86.0 cm³/mol. The van der Waals surface area contributed by atoms with E-state index in [2.05, 4.69) is 5.32 Å². The zero-order chi connectivity index (χ0) is 18.8. The van der Waals surface area contributed by atoms with Crippen molar-refractivity contribution in [2.24, 2.45) is 0 Å². The molecule has 140 valence electrons. The van der Waals surface area contributed by atoms with E-state index < -0.39 is 29.3 Å². The summed E-state index contributed by atoms with van der Waals surface area (Å²) in [7, 11) is 0. The van der Waals surface area contributed by atoms with E-state index in [9.17, 15) is 22.4 Å². The van der Waals surface area contributed by atoms with E-state index >= 15 is 0 Å². The lowest BCUT2D eigenvalue weighted by molar-refractivity contribution is -0.139. The van der Waals surface area contributed by atoms with Gasteiger partial charge in [0.1, 0.15) is 11.4 Å². The van der Waals surface area contributed by atoms with Gasteiger partial charge in [-0.25, -0.2) is 9.18 Å².